The summed E-state index contributed by atoms with van der Waals surface area (Å²) >= 11 is 0. The summed E-state index contributed by atoms with van der Waals surface area (Å²) in [6, 6.07) is 16.6. The monoisotopic (exact) mass is 362 g/mol. The fraction of sp³-hybridized carbons (Fsp3) is 0.211. The van der Waals surface area contributed by atoms with Crippen molar-refractivity contribution in [3.05, 3.63) is 60.2 Å². The fourth-order valence-electron chi connectivity index (χ4n) is 2.61. The number of aromatic nitrogens is 4. The molecule has 0 aliphatic heterocycles. The smallest absolute Gasteiger partial charge is 0.253 e. The van der Waals surface area contributed by atoms with Gasteiger partial charge in [0, 0.05) is 11.6 Å². The summed E-state index contributed by atoms with van der Waals surface area (Å²) in [6.07, 6.45) is 2.00. The number of tetrazole rings is 1. The maximum atomic E-state index is 12.4. The zero-order valence-corrected chi connectivity index (χ0v) is 14.5. The fourth-order valence-corrected chi connectivity index (χ4v) is 2.61. The van der Waals surface area contributed by atoms with E-state index in [-0.39, 0.29) is 24.4 Å². The summed E-state index contributed by atoms with van der Waals surface area (Å²) in [7, 11) is 0. The first-order chi connectivity index (χ1) is 13.2. The highest BCUT2D eigenvalue weighted by Gasteiger charge is 2.25. The molecule has 2 amide bonds. The quantitative estimate of drug-likeness (QED) is 0.697. The van der Waals surface area contributed by atoms with Crippen molar-refractivity contribution in [1.29, 1.82) is 0 Å². The number of anilines is 1. The number of hydrogen-bond donors (Lipinski definition) is 2. The SMILES string of the molecule is O=C(Cn1nnc(-c2ccccc2)n1)Nc1ccccc1C(=O)NC1CC1. The highest BCUT2D eigenvalue weighted by atomic mass is 16.2. The highest BCUT2D eigenvalue weighted by Crippen LogP contribution is 2.21. The number of benzene rings is 2. The van der Waals surface area contributed by atoms with Gasteiger partial charge in [0.15, 0.2) is 0 Å². The van der Waals surface area contributed by atoms with E-state index in [1.165, 1.54) is 4.80 Å². The van der Waals surface area contributed by atoms with Gasteiger partial charge in [-0.3, -0.25) is 9.59 Å². The summed E-state index contributed by atoms with van der Waals surface area (Å²) in [5.41, 5.74) is 1.73. The molecule has 136 valence electrons. The van der Waals surface area contributed by atoms with E-state index < -0.39 is 0 Å². The van der Waals surface area contributed by atoms with Crippen LogP contribution in [0.3, 0.4) is 0 Å². The van der Waals surface area contributed by atoms with Crippen LogP contribution in [0.25, 0.3) is 11.4 Å². The first-order valence-corrected chi connectivity index (χ1v) is 8.72. The Morgan fingerprint density at radius 1 is 1.04 bits per heavy atom. The van der Waals surface area contributed by atoms with Crippen molar-refractivity contribution < 1.29 is 9.59 Å². The highest BCUT2D eigenvalue weighted by molar-refractivity contribution is 6.03. The summed E-state index contributed by atoms with van der Waals surface area (Å²) < 4.78 is 0. The third kappa shape index (κ3) is 4.17. The van der Waals surface area contributed by atoms with Crippen molar-refractivity contribution in [2.45, 2.75) is 25.4 Å². The van der Waals surface area contributed by atoms with Crippen LogP contribution in [0.5, 0.6) is 0 Å². The van der Waals surface area contributed by atoms with Crippen LogP contribution >= 0.6 is 0 Å². The minimum absolute atomic E-state index is 0.0988. The Morgan fingerprint density at radius 2 is 1.78 bits per heavy atom. The molecule has 1 aromatic heterocycles. The maximum Gasteiger partial charge on any atom is 0.253 e. The van der Waals surface area contributed by atoms with Gasteiger partial charge in [0.25, 0.3) is 5.91 Å². The van der Waals surface area contributed by atoms with Crippen LogP contribution < -0.4 is 10.6 Å². The Bertz CT molecular complexity index is 965. The first kappa shape index (κ1) is 16.9. The Kier molecular flexibility index (Phi) is 4.61. The van der Waals surface area contributed by atoms with Crippen LogP contribution in [-0.2, 0) is 11.3 Å². The van der Waals surface area contributed by atoms with E-state index in [1.54, 1.807) is 24.3 Å². The van der Waals surface area contributed by atoms with Crippen molar-refractivity contribution in [3.63, 3.8) is 0 Å². The molecule has 1 aliphatic carbocycles. The van der Waals surface area contributed by atoms with Crippen molar-refractivity contribution >= 4 is 17.5 Å². The molecule has 3 aromatic rings. The van der Waals surface area contributed by atoms with E-state index in [1.807, 2.05) is 30.3 Å². The van der Waals surface area contributed by atoms with Gasteiger partial charge >= 0.3 is 0 Å². The summed E-state index contributed by atoms with van der Waals surface area (Å²) in [5, 5.41) is 17.8. The second-order valence-corrected chi connectivity index (χ2v) is 6.35. The van der Waals surface area contributed by atoms with Gasteiger partial charge in [-0.2, -0.15) is 4.80 Å². The van der Waals surface area contributed by atoms with E-state index in [2.05, 4.69) is 26.0 Å². The molecule has 1 aliphatic rings. The molecule has 1 saturated carbocycles. The average molecular weight is 362 g/mol. The molecule has 8 heteroatoms. The number of rotatable bonds is 6. The van der Waals surface area contributed by atoms with Gasteiger partial charge in [0.05, 0.1) is 11.3 Å². The van der Waals surface area contributed by atoms with Gasteiger partial charge in [-0.1, -0.05) is 42.5 Å². The van der Waals surface area contributed by atoms with Gasteiger partial charge in [0.2, 0.25) is 11.7 Å². The van der Waals surface area contributed by atoms with E-state index >= 15 is 0 Å². The van der Waals surface area contributed by atoms with E-state index in [4.69, 9.17) is 0 Å². The lowest BCUT2D eigenvalue weighted by Gasteiger charge is -2.10. The molecule has 0 saturated heterocycles. The lowest BCUT2D eigenvalue weighted by atomic mass is 10.1. The minimum atomic E-state index is -0.335. The molecule has 2 aromatic carbocycles. The van der Waals surface area contributed by atoms with Crippen LogP contribution in [0.1, 0.15) is 23.2 Å². The number of carbonyl (C=O) groups is 2. The summed E-state index contributed by atoms with van der Waals surface area (Å²) in [6.45, 7) is -0.0988. The van der Waals surface area contributed by atoms with Crippen LogP contribution in [0.2, 0.25) is 0 Å². The molecular weight excluding hydrogens is 344 g/mol. The second kappa shape index (κ2) is 7.36. The van der Waals surface area contributed by atoms with Gasteiger partial charge in [-0.15, -0.1) is 10.2 Å². The van der Waals surface area contributed by atoms with Gasteiger partial charge in [-0.25, -0.2) is 0 Å². The molecule has 0 radical (unpaired) electrons. The first-order valence-electron chi connectivity index (χ1n) is 8.72. The van der Waals surface area contributed by atoms with E-state index in [0.29, 0.717) is 17.1 Å². The molecule has 27 heavy (non-hydrogen) atoms. The third-order valence-electron chi connectivity index (χ3n) is 4.13. The molecule has 4 rings (SSSR count). The molecule has 1 heterocycles. The Morgan fingerprint density at radius 3 is 2.56 bits per heavy atom. The van der Waals surface area contributed by atoms with Crippen molar-refractivity contribution in [2.75, 3.05) is 5.32 Å². The number of nitrogens with one attached hydrogen (secondary N) is 2. The van der Waals surface area contributed by atoms with Gasteiger partial charge in [-0.05, 0) is 30.2 Å². The standard InChI is InChI=1S/C19H18N6O2/c26-17(12-25-23-18(22-24-25)13-6-2-1-3-7-13)21-16-9-5-4-8-15(16)19(27)20-14-10-11-14/h1-9,14H,10-12H2,(H,20,27)(H,21,26). The topological polar surface area (TPSA) is 102 Å². The third-order valence-corrected chi connectivity index (χ3v) is 4.13. The molecule has 0 atom stereocenters. The van der Waals surface area contributed by atoms with Gasteiger partial charge in [0.1, 0.15) is 6.54 Å². The molecule has 0 bridgehead atoms. The van der Waals surface area contributed by atoms with E-state index in [0.717, 1.165) is 18.4 Å². The predicted octanol–water partition coefficient (Wildman–Crippen LogP) is 1.87. The molecule has 2 N–H and O–H groups in total. The van der Waals surface area contributed by atoms with Crippen LogP contribution in [-0.4, -0.2) is 38.1 Å². The largest absolute Gasteiger partial charge is 0.349 e. The number of hydrogen-bond acceptors (Lipinski definition) is 5. The molecule has 0 spiro atoms. The zero-order valence-electron chi connectivity index (χ0n) is 14.5. The summed E-state index contributed by atoms with van der Waals surface area (Å²) in [4.78, 5) is 25.9. The molecule has 1 fully saturated rings. The molecule has 8 nitrogen and oxygen atoms in total. The van der Waals surface area contributed by atoms with Gasteiger partial charge < -0.3 is 10.6 Å². The normalized spacial score (nSPS) is 13.2. The van der Waals surface area contributed by atoms with Crippen molar-refractivity contribution in [2.24, 2.45) is 0 Å². The number of nitrogens with zero attached hydrogens (tertiary/aromatic N) is 4. The Balaban J connectivity index is 1.43. The van der Waals surface area contributed by atoms with Crippen LogP contribution in [0.15, 0.2) is 54.6 Å². The Hall–Kier alpha value is -3.55. The van der Waals surface area contributed by atoms with Crippen molar-refractivity contribution in [1.82, 2.24) is 25.5 Å². The molecule has 0 unspecified atom stereocenters. The lowest BCUT2D eigenvalue weighted by molar-refractivity contribution is -0.117. The lowest BCUT2D eigenvalue weighted by Crippen LogP contribution is -2.27. The maximum absolute atomic E-state index is 12.4. The Labute approximate surface area is 155 Å². The van der Waals surface area contributed by atoms with E-state index in [9.17, 15) is 9.59 Å². The minimum Gasteiger partial charge on any atom is -0.349 e. The van der Waals surface area contributed by atoms with Crippen molar-refractivity contribution in [3.8, 4) is 11.4 Å². The predicted molar refractivity (Wildman–Crippen MR) is 98.8 cm³/mol. The zero-order chi connectivity index (χ0) is 18.6. The number of amides is 2. The van der Waals surface area contributed by atoms with Crippen LogP contribution in [0, 0.1) is 0 Å². The summed E-state index contributed by atoms with van der Waals surface area (Å²) in [5.74, 6) is -0.0649. The number of para-hydroxylation sites is 1. The second-order valence-electron chi connectivity index (χ2n) is 6.35. The van der Waals surface area contributed by atoms with Crippen LogP contribution in [0.4, 0.5) is 5.69 Å². The average Bonchev–Trinajstić information content (AvgIpc) is 3.38. The number of carbonyl (C=O) groups excluding carboxylic acids is 2. The molecular formula is C19H18N6O2.